The molecule has 0 aliphatic carbocycles. The zero-order valence-electron chi connectivity index (χ0n) is 17.9. The zero-order valence-corrected chi connectivity index (χ0v) is 17.9. The van der Waals surface area contributed by atoms with Crippen molar-refractivity contribution in [1.82, 2.24) is 0 Å². The number of ketones is 1. The maximum Gasteiger partial charge on any atom is 0.339 e. The molecule has 0 fully saturated rings. The summed E-state index contributed by atoms with van der Waals surface area (Å²) in [6.07, 6.45) is 0. The molecular weight excluding hydrogens is 434 g/mol. The quantitative estimate of drug-likeness (QED) is 0.141. The number of rotatable bonds is 8. The third-order valence-corrected chi connectivity index (χ3v) is 5.00. The molecule has 0 aliphatic rings. The molecule has 0 spiro atoms. The van der Waals surface area contributed by atoms with Gasteiger partial charge in [-0.3, -0.25) is 14.9 Å². The van der Waals surface area contributed by atoms with Gasteiger partial charge in [0.1, 0.15) is 18.1 Å². The number of benzene rings is 4. The van der Waals surface area contributed by atoms with Crippen LogP contribution in [-0.2, 0) is 11.3 Å². The highest BCUT2D eigenvalue weighted by molar-refractivity contribution is 6.14. The number of nitrogens with zero attached hydrogens (tertiary/aromatic N) is 1. The predicted molar refractivity (Wildman–Crippen MR) is 125 cm³/mol. The maximum atomic E-state index is 12.8. The first-order valence-corrected chi connectivity index (χ1v) is 10.4. The van der Waals surface area contributed by atoms with Gasteiger partial charge in [0.15, 0.2) is 5.78 Å². The van der Waals surface area contributed by atoms with E-state index in [-0.39, 0.29) is 29.2 Å². The Morgan fingerprint density at radius 1 is 0.706 bits per heavy atom. The van der Waals surface area contributed by atoms with Crippen LogP contribution in [0.15, 0.2) is 103 Å². The van der Waals surface area contributed by atoms with E-state index < -0.39 is 10.9 Å². The Morgan fingerprint density at radius 3 is 1.88 bits per heavy atom. The molecule has 4 rings (SSSR count). The summed E-state index contributed by atoms with van der Waals surface area (Å²) in [4.78, 5) is 35.8. The fraction of sp³-hybridized carbons (Fsp3) is 0.0370. The lowest BCUT2D eigenvalue weighted by Gasteiger charge is -2.10. The van der Waals surface area contributed by atoms with Crippen LogP contribution in [0.5, 0.6) is 11.5 Å². The summed E-state index contributed by atoms with van der Waals surface area (Å²) < 4.78 is 11.1. The topological polar surface area (TPSA) is 95.7 Å². The van der Waals surface area contributed by atoms with Crippen molar-refractivity contribution in [2.75, 3.05) is 0 Å². The molecule has 0 heterocycles. The van der Waals surface area contributed by atoms with Crippen LogP contribution in [-0.4, -0.2) is 16.7 Å². The Balaban J connectivity index is 1.39. The lowest BCUT2D eigenvalue weighted by atomic mass is 9.98. The molecule has 0 N–H and O–H groups in total. The molecule has 4 aromatic rings. The molecule has 0 unspecified atom stereocenters. The number of non-ortho nitro benzene ring substituents is 1. The fourth-order valence-corrected chi connectivity index (χ4v) is 3.26. The van der Waals surface area contributed by atoms with Gasteiger partial charge in [-0.05, 0) is 35.9 Å². The standard InChI is InChI=1S/C27H19NO6/c29-26(20-6-2-1-3-7-20)24-8-4-5-9-25(24)27(30)33-18-19-10-14-22(15-11-19)34-23-16-12-21(13-17-23)28(31)32/h1-17H,18H2. The molecule has 0 radical (unpaired) electrons. The van der Waals surface area contributed by atoms with Crippen molar-refractivity contribution in [3.05, 3.63) is 135 Å². The van der Waals surface area contributed by atoms with Crippen LogP contribution in [0.25, 0.3) is 0 Å². The van der Waals surface area contributed by atoms with Crippen LogP contribution in [0.4, 0.5) is 5.69 Å². The molecule has 0 amide bonds. The molecule has 7 heteroatoms. The van der Waals surface area contributed by atoms with Gasteiger partial charge >= 0.3 is 5.97 Å². The van der Waals surface area contributed by atoms with Crippen LogP contribution in [0.3, 0.4) is 0 Å². The van der Waals surface area contributed by atoms with Crippen LogP contribution in [0.2, 0.25) is 0 Å². The van der Waals surface area contributed by atoms with E-state index in [0.717, 1.165) is 5.56 Å². The smallest absolute Gasteiger partial charge is 0.339 e. The van der Waals surface area contributed by atoms with Crippen LogP contribution in [0.1, 0.15) is 31.8 Å². The minimum absolute atomic E-state index is 0.0171. The average Bonchev–Trinajstić information content (AvgIpc) is 2.88. The summed E-state index contributed by atoms with van der Waals surface area (Å²) in [5.41, 5.74) is 1.69. The number of nitro groups is 1. The van der Waals surface area contributed by atoms with Crippen molar-refractivity contribution in [2.24, 2.45) is 0 Å². The van der Waals surface area contributed by atoms with E-state index in [2.05, 4.69) is 0 Å². The molecule has 0 atom stereocenters. The highest BCUT2D eigenvalue weighted by atomic mass is 16.6. The number of nitro benzene ring substituents is 1. The Bertz CT molecular complexity index is 1320. The monoisotopic (exact) mass is 453 g/mol. The zero-order chi connectivity index (χ0) is 23.9. The normalized spacial score (nSPS) is 10.4. The molecule has 34 heavy (non-hydrogen) atoms. The number of carbonyl (C=O) groups excluding carboxylic acids is 2. The van der Waals surface area contributed by atoms with Gasteiger partial charge in [0, 0.05) is 23.3 Å². The maximum absolute atomic E-state index is 12.8. The van der Waals surface area contributed by atoms with Gasteiger partial charge in [0.2, 0.25) is 0 Å². The molecule has 0 saturated carbocycles. The molecule has 7 nitrogen and oxygen atoms in total. The largest absolute Gasteiger partial charge is 0.457 e. The third kappa shape index (κ3) is 5.34. The molecule has 168 valence electrons. The van der Waals surface area contributed by atoms with Crippen molar-refractivity contribution in [1.29, 1.82) is 0 Å². The third-order valence-electron chi connectivity index (χ3n) is 5.00. The number of ether oxygens (including phenoxy) is 2. The number of esters is 1. The minimum Gasteiger partial charge on any atom is -0.457 e. The van der Waals surface area contributed by atoms with Crippen molar-refractivity contribution >= 4 is 17.4 Å². The highest BCUT2D eigenvalue weighted by Gasteiger charge is 2.19. The number of hydrogen-bond acceptors (Lipinski definition) is 6. The summed E-state index contributed by atoms with van der Waals surface area (Å²) in [6, 6.07) is 28.0. The van der Waals surface area contributed by atoms with E-state index >= 15 is 0 Å². The number of carbonyl (C=O) groups is 2. The van der Waals surface area contributed by atoms with Crippen molar-refractivity contribution in [3.63, 3.8) is 0 Å². The highest BCUT2D eigenvalue weighted by Crippen LogP contribution is 2.24. The van der Waals surface area contributed by atoms with E-state index in [1.165, 1.54) is 24.3 Å². The lowest BCUT2D eigenvalue weighted by molar-refractivity contribution is -0.384. The summed E-state index contributed by atoms with van der Waals surface area (Å²) in [6.45, 7) is 0.0184. The Hall–Kier alpha value is -4.78. The summed E-state index contributed by atoms with van der Waals surface area (Å²) in [5, 5.41) is 10.7. The van der Waals surface area contributed by atoms with Gasteiger partial charge in [-0.1, -0.05) is 60.7 Å². The van der Waals surface area contributed by atoms with Crippen molar-refractivity contribution < 1.29 is 24.0 Å². The summed E-state index contributed by atoms with van der Waals surface area (Å²) in [7, 11) is 0. The minimum atomic E-state index is -0.592. The number of hydrogen-bond donors (Lipinski definition) is 0. The lowest BCUT2D eigenvalue weighted by Crippen LogP contribution is -2.12. The van der Waals surface area contributed by atoms with Gasteiger partial charge < -0.3 is 9.47 Å². The molecule has 0 saturated heterocycles. The average molecular weight is 453 g/mol. The molecule has 0 aromatic heterocycles. The Labute approximate surface area is 195 Å². The van der Waals surface area contributed by atoms with E-state index in [1.807, 2.05) is 6.07 Å². The predicted octanol–water partition coefficient (Wildman–Crippen LogP) is 5.98. The first-order chi connectivity index (χ1) is 16.5. The first kappa shape index (κ1) is 22.4. The van der Waals surface area contributed by atoms with Crippen molar-refractivity contribution in [2.45, 2.75) is 6.61 Å². The second-order valence-electron chi connectivity index (χ2n) is 7.31. The van der Waals surface area contributed by atoms with Gasteiger partial charge in [-0.2, -0.15) is 0 Å². The van der Waals surface area contributed by atoms with Gasteiger partial charge in [0.25, 0.3) is 5.69 Å². The molecular formula is C27H19NO6. The summed E-state index contributed by atoms with van der Waals surface area (Å²) >= 11 is 0. The van der Waals surface area contributed by atoms with Gasteiger partial charge in [0.05, 0.1) is 10.5 Å². The van der Waals surface area contributed by atoms with E-state index in [4.69, 9.17) is 9.47 Å². The second kappa shape index (κ2) is 10.2. The van der Waals surface area contributed by atoms with E-state index in [1.54, 1.807) is 72.8 Å². The second-order valence-corrected chi connectivity index (χ2v) is 7.31. The van der Waals surface area contributed by atoms with Gasteiger partial charge in [-0.25, -0.2) is 4.79 Å². The van der Waals surface area contributed by atoms with Crippen LogP contribution < -0.4 is 4.74 Å². The van der Waals surface area contributed by atoms with Crippen molar-refractivity contribution in [3.8, 4) is 11.5 Å². The van der Waals surface area contributed by atoms with E-state index in [9.17, 15) is 19.7 Å². The molecule has 4 aromatic carbocycles. The SMILES string of the molecule is O=C(OCc1ccc(Oc2ccc([N+](=O)[O-])cc2)cc1)c1ccccc1C(=O)c1ccccc1. The summed E-state index contributed by atoms with van der Waals surface area (Å²) in [5.74, 6) is 0.152. The fourth-order valence-electron chi connectivity index (χ4n) is 3.26. The Morgan fingerprint density at radius 2 is 1.26 bits per heavy atom. The Kier molecular flexibility index (Phi) is 6.74. The van der Waals surface area contributed by atoms with Crippen LogP contribution >= 0.6 is 0 Å². The van der Waals surface area contributed by atoms with Crippen LogP contribution in [0, 0.1) is 10.1 Å². The van der Waals surface area contributed by atoms with Gasteiger partial charge in [-0.15, -0.1) is 0 Å². The molecule has 0 bridgehead atoms. The first-order valence-electron chi connectivity index (χ1n) is 10.4. The molecule has 0 aliphatic heterocycles. The van der Waals surface area contributed by atoms with E-state index in [0.29, 0.717) is 17.1 Å².